The van der Waals surface area contributed by atoms with Gasteiger partial charge in [0.25, 0.3) is 0 Å². The fourth-order valence-electron chi connectivity index (χ4n) is 3.00. The van der Waals surface area contributed by atoms with Crippen molar-refractivity contribution < 1.29 is 14.3 Å². The number of carbonyl (C=O) groups is 1. The molecule has 6 heteroatoms. The molecule has 5 nitrogen and oxygen atoms in total. The van der Waals surface area contributed by atoms with Gasteiger partial charge in [0.15, 0.2) is 5.13 Å². The number of nitrogens with zero attached hydrogens (tertiary/aromatic N) is 1. The first-order valence-corrected chi connectivity index (χ1v) is 11.0. The molecule has 0 bridgehead atoms. The van der Waals surface area contributed by atoms with Gasteiger partial charge in [0.1, 0.15) is 11.5 Å². The Kier molecular flexibility index (Phi) is 7.46. The Morgan fingerprint density at radius 2 is 1.90 bits per heavy atom. The van der Waals surface area contributed by atoms with E-state index in [0.717, 1.165) is 28.3 Å². The maximum Gasteiger partial charge on any atom is 0.226 e. The molecule has 0 atom stereocenters. The first-order chi connectivity index (χ1) is 14.4. The molecule has 0 spiro atoms. The Morgan fingerprint density at radius 1 is 1.13 bits per heavy atom. The molecule has 2 aromatic carbocycles. The summed E-state index contributed by atoms with van der Waals surface area (Å²) >= 11 is 1.42. The van der Waals surface area contributed by atoms with Crippen LogP contribution in [0.15, 0.2) is 47.8 Å². The average molecular weight is 425 g/mol. The van der Waals surface area contributed by atoms with Crippen LogP contribution in [0.1, 0.15) is 37.8 Å². The Balaban J connectivity index is 1.45. The summed E-state index contributed by atoms with van der Waals surface area (Å²) in [4.78, 5) is 16.7. The fraction of sp³-hybridized carbons (Fsp3) is 0.333. The van der Waals surface area contributed by atoms with Crippen LogP contribution in [0, 0.1) is 13.8 Å². The van der Waals surface area contributed by atoms with Gasteiger partial charge in [-0.15, -0.1) is 11.3 Å². The molecule has 3 aromatic rings. The van der Waals surface area contributed by atoms with Gasteiger partial charge in [-0.1, -0.05) is 17.7 Å². The molecule has 3 rings (SSSR count). The molecule has 1 aromatic heterocycles. The molecular formula is C24H28N2O3S. The number of anilines is 1. The predicted octanol–water partition coefficient (Wildman–Crippen LogP) is 6.01. The van der Waals surface area contributed by atoms with Crippen molar-refractivity contribution in [2.75, 3.05) is 11.9 Å². The van der Waals surface area contributed by atoms with E-state index in [1.807, 2.05) is 62.5 Å². The minimum atomic E-state index is -0.0548. The highest BCUT2D eigenvalue weighted by molar-refractivity contribution is 7.14. The lowest BCUT2D eigenvalue weighted by Crippen LogP contribution is -2.12. The summed E-state index contributed by atoms with van der Waals surface area (Å²) in [5, 5.41) is 5.42. The van der Waals surface area contributed by atoms with E-state index in [2.05, 4.69) is 23.3 Å². The Morgan fingerprint density at radius 3 is 2.60 bits per heavy atom. The average Bonchev–Trinajstić information content (AvgIpc) is 3.15. The van der Waals surface area contributed by atoms with Gasteiger partial charge in [0.05, 0.1) is 18.4 Å². The number of aromatic nitrogens is 1. The molecule has 1 amide bonds. The van der Waals surface area contributed by atoms with E-state index in [1.165, 1.54) is 16.9 Å². The van der Waals surface area contributed by atoms with E-state index in [1.54, 1.807) is 0 Å². The lowest BCUT2D eigenvalue weighted by molar-refractivity contribution is -0.116. The largest absolute Gasteiger partial charge is 0.493 e. The van der Waals surface area contributed by atoms with Gasteiger partial charge < -0.3 is 14.8 Å². The van der Waals surface area contributed by atoms with Crippen molar-refractivity contribution in [3.8, 4) is 22.8 Å². The number of rotatable bonds is 9. The summed E-state index contributed by atoms with van der Waals surface area (Å²) in [6, 6.07) is 13.9. The molecule has 0 saturated carbocycles. The summed E-state index contributed by atoms with van der Waals surface area (Å²) in [5.41, 5.74) is 4.15. The Hall–Kier alpha value is -2.86. The van der Waals surface area contributed by atoms with E-state index < -0.39 is 0 Å². The number of amides is 1. The van der Waals surface area contributed by atoms with E-state index >= 15 is 0 Å². The number of thiazole rings is 1. The van der Waals surface area contributed by atoms with Crippen molar-refractivity contribution in [3.05, 3.63) is 59.0 Å². The number of carbonyl (C=O) groups excluding carboxylic acids is 1. The number of aryl methyl sites for hydroxylation is 2. The first-order valence-electron chi connectivity index (χ1n) is 10.1. The summed E-state index contributed by atoms with van der Waals surface area (Å²) in [7, 11) is 0. The van der Waals surface area contributed by atoms with Crippen LogP contribution in [0.2, 0.25) is 0 Å². The van der Waals surface area contributed by atoms with Crippen LogP contribution in [-0.2, 0) is 4.79 Å². The van der Waals surface area contributed by atoms with E-state index in [0.29, 0.717) is 24.6 Å². The van der Waals surface area contributed by atoms with Gasteiger partial charge in [-0.25, -0.2) is 4.98 Å². The van der Waals surface area contributed by atoms with Gasteiger partial charge in [-0.2, -0.15) is 0 Å². The summed E-state index contributed by atoms with van der Waals surface area (Å²) in [6.07, 6.45) is 1.18. The van der Waals surface area contributed by atoms with Crippen LogP contribution in [0.3, 0.4) is 0 Å². The molecule has 0 aliphatic carbocycles. The molecule has 0 aliphatic heterocycles. The highest BCUT2D eigenvalue weighted by atomic mass is 32.1. The van der Waals surface area contributed by atoms with Crippen molar-refractivity contribution in [2.24, 2.45) is 0 Å². The molecular weight excluding hydrogens is 396 g/mol. The van der Waals surface area contributed by atoms with Crippen LogP contribution >= 0.6 is 11.3 Å². The summed E-state index contributed by atoms with van der Waals surface area (Å²) in [6.45, 7) is 8.59. The second kappa shape index (κ2) is 10.3. The van der Waals surface area contributed by atoms with Crippen LogP contribution < -0.4 is 14.8 Å². The molecule has 0 aliphatic rings. The molecule has 1 N–H and O–H groups in total. The normalized spacial score (nSPS) is 10.8. The summed E-state index contributed by atoms with van der Waals surface area (Å²) in [5.74, 6) is 1.65. The Bertz CT molecular complexity index is 980. The monoisotopic (exact) mass is 424 g/mol. The van der Waals surface area contributed by atoms with Crippen LogP contribution in [0.5, 0.6) is 11.5 Å². The van der Waals surface area contributed by atoms with Crippen molar-refractivity contribution in [1.29, 1.82) is 0 Å². The Labute approximate surface area is 182 Å². The molecule has 0 fully saturated rings. The van der Waals surface area contributed by atoms with Crippen LogP contribution in [0.4, 0.5) is 5.13 Å². The minimum Gasteiger partial charge on any atom is -0.493 e. The zero-order valence-corrected chi connectivity index (χ0v) is 18.7. The van der Waals surface area contributed by atoms with Crippen molar-refractivity contribution in [3.63, 3.8) is 0 Å². The number of ether oxygens (including phenoxy) is 2. The third-order valence-corrected chi connectivity index (χ3v) is 5.17. The molecule has 158 valence electrons. The van der Waals surface area contributed by atoms with Gasteiger partial charge in [-0.05, 0) is 70.0 Å². The SMILES string of the molecule is Cc1ccc(OCCCC(=O)Nc2nc(-c3ccc(OC(C)C)cc3)cs2)c(C)c1. The summed E-state index contributed by atoms with van der Waals surface area (Å²) < 4.78 is 11.4. The highest BCUT2D eigenvalue weighted by Crippen LogP contribution is 2.27. The number of benzene rings is 2. The lowest BCUT2D eigenvalue weighted by atomic mass is 10.1. The first kappa shape index (κ1) is 21.8. The zero-order valence-electron chi connectivity index (χ0n) is 17.9. The minimum absolute atomic E-state index is 0.0548. The highest BCUT2D eigenvalue weighted by Gasteiger charge is 2.09. The van der Waals surface area contributed by atoms with Gasteiger partial charge in [0.2, 0.25) is 5.91 Å². The van der Waals surface area contributed by atoms with Gasteiger partial charge in [-0.3, -0.25) is 4.79 Å². The second-order valence-corrected chi connectivity index (χ2v) is 8.36. The zero-order chi connectivity index (χ0) is 21.5. The topological polar surface area (TPSA) is 60.5 Å². The molecule has 30 heavy (non-hydrogen) atoms. The van der Waals surface area contributed by atoms with Crippen molar-refractivity contribution >= 4 is 22.4 Å². The molecule has 0 saturated heterocycles. The van der Waals surface area contributed by atoms with Crippen molar-refractivity contribution in [1.82, 2.24) is 4.98 Å². The number of hydrogen-bond acceptors (Lipinski definition) is 5. The maximum atomic E-state index is 12.2. The lowest BCUT2D eigenvalue weighted by Gasteiger charge is -2.09. The fourth-order valence-corrected chi connectivity index (χ4v) is 3.73. The van der Waals surface area contributed by atoms with E-state index in [9.17, 15) is 4.79 Å². The number of hydrogen-bond donors (Lipinski definition) is 1. The van der Waals surface area contributed by atoms with E-state index in [-0.39, 0.29) is 12.0 Å². The van der Waals surface area contributed by atoms with Gasteiger partial charge >= 0.3 is 0 Å². The van der Waals surface area contributed by atoms with Gasteiger partial charge in [0, 0.05) is 17.4 Å². The predicted molar refractivity (Wildman–Crippen MR) is 123 cm³/mol. The standard InChI is InChI=1S/C24H28N2O3S/c1-16(2)29-20-10-8-19(9-11-20)21-15-30-24(25-21)26-23(27)6-5-13-28-22-12-7-17(3)14-18(22)4/h7-12,14-16H,5-6,13H2,1-4H3,(H,25,26,27). The second-order valence-electron chi connectivity index (χ2n) is 7.50. The third-order valence-electron chi connectivity index (χ3n) is 4.41. The molecule has 1 heterocycles. The van der Waals surface area contributed by atoms with Crippen LogP contribution in [-0.4, -0.2) is 23.6 Å². The van der Waals surface area contributed by atoms with E-state index in [4.69, 9.17) is 9.47 Å². The molecule has 0 unspecified atom stereocenters. The van der Waals surface area contributed by atoms with Crippen molar-refractivity contribution in [2.45, 2.75) is 46.6 Å². The smallest absolute Gasteiger partial charge is 0.226 e. The quantitative estimate of drug-likeness (QED) is 0.427. The number of nitrogens with one attached hydrogen (secondary N) is 1. The maximum absolute atomic E-state index is 12.2. The molecule has 0 radical (unpaired) electrons. The third kappa shape index (κ3) is 6.32. The van der Waals surface area contributed by atoms with Crippen LogP contribution in [0.25, 0.3) is 11.3 Å².